The zero-order chi connectivity index (χ0) is 23.7. The molecule has 1 saturated carbocycles. The molecule has 1 amide bonds. The molecule has 8 nitrogen and oxygen atoms in total. The number of aryl methyl sites for hydroxylation is 3. The second kappa shape index (κ2) is 9.18. The van der Waals surface area contributed by atoms with Crippen LogP contribution >= 0.6 is 0 Å². The summed E-state index contributed by atoms with van der Waals surface area (Å²) in [6.07, 6.45) is 11.2. The third-order valence-electron chi connectivity index (χ3n) is 7.38. The highest BCUT2D eigenvalue weighted by Crippen LogP contribution is 2.49. The molecule has 1 aliphatic carbocycles. The maximum Gasteiger partial charge on any atom is 0.228 e. The Hall–Kier alpha value is -3.26. The predicted molar refractivity (Wildman–Crippen MR) is 132 cm³/mol. The molecule has 178 valence electrons. The molecule has 1 aromatic carbocycles. The summed E-state index contributed by atoms with van der Waals surface area (Å²) in [5.74, 6) is 0.359. The van der Waals surface area contributed by atoms with Crippen LogP contribution in [0.5, 0.6) is 0 Å². The van der Waals surface area contributed by atoms with E-state index in [0.29, 0.717) is 12.0 Å². The first-order chi connectivity index (χ1) is 16.4. The van der Waals surface area contributed by atoms with E-state index in [1.54, 1.807) is 0 Å². The van der Waals surface area contributed by atoms with Crippen molar-refractivity contribution < 1.29 is 4.79 Å². The minimum Gasteiger partial charge on any atom is -0.369 e. The lowest BCUT2D eigenvalue weighted by Crippen LogP contribution is -2.31. The van der Waals surface area contributed by atoms with Gasteiger partial charge in [0.1, 0.15) is 0 Å². The highest BCUT2D eigenvalue weighted by Gasteiger charge is 2.50. The molecule has 3 aromatic rings. The van der Waals surface area contributed by atoms with Gasteiger partial charge in [-0.25, -0.2) is 9.97 Å². The van der Waals surface area contributed by atoms with Gasteiger partial charge in [-0.2, -0.15) is 5.10 Å². The molecular formula is C26H33N7O. The summed E-state index contributed by atoms with van der Waals surface area (Å²) >= 11 is 0. The van der Waals surface area contributed by atoms with E-state index in [-0.39, 0.29) is 5.91 Å². The average Bonchev–Trinajstić information content (AvgIpc) is 3.53. The minimum atomic E-state index is -0.474. The smallest absolute Gasteiger partial charge is 0.228 e. The van der Waals surface area contributed by atoms with E-state index in [0.717, 1.165) is 74.1 Å². The van der Waals surface area contributed by atoms with Crippen LogP contribution in [0.4, 0.5) is 11.6 Å². The van der Waals surface area contributed by atoms with E-state index < -0.39 is 5.41 Å². The Balaban J connectivity index is 1.27. The first kappa shape index (κ1) is 22.5. The quantitative estimate of drug-likeness (QED) is 0.536. The molecule has 0 unspecified atom stereocenters. The van der Waals surface area contributed by atoms with Gasteiger partial charge in [0, 0.05) is 18.1 Å². The van der Waals surface area contributed by atoms with Crippen molar-refractivity contribution in [3.63, 3.8) is 0 Å². The van der Waals surface area contributed by atoms with E-state index in [2.05, 4.69) is 44.2 Å². The molecule has 2 aliphatic rings. The molecule has 8 heteroatoms. The van der Waals surface area contributed by atoms with Crippen LogP contribution in [0.2, 0.25) is 0 Å². The van der Waals surface area contributed by atoms with Gasteiger partial charge in [0.15, 0.2) is 0 Å². The summed E-state index contributed by atoms with van der Waals surface area (Å²) in [6, 6.07) is 8.61. The van der Waals surface area contributed by atoms with Crippen LogP contribution in [0.1, 0.15) is 54.1 Å². The van der Waals surface area contributed by atoms with Crippen molar-refractivity contribution >= 4 is 17.5 Å². The Morgan fingerprint density at radius 3 is 2.68 bits per heavy atom. The molecule has 2 aromatic heterocycles. The number of primary amides is 1. The molecule has 34 heavy (non-hydrogen) atoms. The average molecular weight is 460 g/mol. The van der Waals surface area contributed by atoms with Gasteiger partial charge in [0.25, 0.3) is 0 Å². The summed E-state index contributed by atoms with van der Waals surface area (Å²) in [5.41, 5.74) is 10.5. The number of piperidine rings is 1. The van der Waals surface area contributed by atoms with Crippen molar-refractivity contribution in [2.24, 2.45) is 5.73 Å². The molecule has 0 radical (unpaired) electrons. The third kappa shape index (κ3) is 4.55. The Morgan fingerprint density at radius 1 is 1.18 bits per heavy atom. The molecular weight excluding hydrogens is 426 g/mol. The fourth-order valence-corrected chi connectivity index (χ4v) is 5.01. The lowest BCUT2D eigenvalue weighted by Gasteiger charge is -2.28. The second-order valence-corrected chi connectivity index (χ2v) is 9.80. The lowest BCUT2D eigenvalue weighted by molar-refractivity contribution is -0.120. The van der Waals surface area contributed by atoms with Crippen molar-refractivity contribution in [1.29, 1.82) is 0 Å². The number of hydrogen-bond donors (Lipinski definition) is 2. The number of aromatic nitrogens is 4. The maximum absolute atomic E-state index is 12.1. The number of nitrogens with one attached hydrogen (secondary N) is 1. The monoisotopic (exact) mass is 459 g/mol. The van der Waals surface area contributed by atoms with Crippen molar-refractivity contribution in [3.8, 4) is 0 Å². The van der Waals surface area contributed by atoms with Gasteiger partial charge >= 0.3 is 0 Å². The highest BCUT2D eigenvalue weighted by molar-refractivity contribution is 5.90. The van der Waals surface area contributed by atoms with E-state index in [9.17, 15) is 4.79 Å². The number of rotatable bonds is 8. The van der Waals surface area contributed by atoms with Crippen LogP contribution in [0.15, 0.2) is 42.9 Å². The number of likely N-dealkylation sites (tertiary alicyclic amines) is 1. The summed E-state index contributed by atoms with van der Waals surface area (Å²) in [7, 11) is 2.17. The number of nitrogens with two attached hydrogens (primary N) is 1. The molecule has 0 bridgehead atoms. The maximum atomic E-state index is 12.1. The molecule has 0 spiro atoms. The second-order valence-electron chi connectivity index (χ2n) is 9.80. The summed E-state index contributed by atoms with van der Waals surface area (Å²) in [4.78, 5) is 23.7. The zero-order valence-electron chi connectivity index (χ0n) is 20.0. The van der Waals surface area contributed by atoms with Crippen LogP contribution in [0.25, 0.3) is 0 Å². The normalized spacial score (nSPS) is 18.1. The lowest BCUT2D eigenvalue weighted by atomic mass is 9.88. The van der Waals surface area contributed by atoms with Crippen molar-refractivity contribution in [3.05, 3.63) is 65.2 Å². The number of benzene rings is 1. The number of hydrogen-bond acceptors (Lipinski definition) is 6. The highest BCUT2D eigenvalue weighted by atomic mass is 16.1. The first-order valence-electron chi connectivity index (χ1n) is 12.2. The molecule has 0 atom stereocenters. The van der Waals surface area contributed by atoms with Gasteiger partial charge in [0.05, 0.1) is 23.3 Å². The standard InChI is InChI=1S/C26H33N7O/c1-18-15-28-25(30-20-16-29-33(17-20)21-9-13-32(2)14-10-21)31-23(18)8-7-19-5-3-4-6-22(19)26(11-12-26)24(27)34/h3-6,15-17,21H,7-14H2,1-2H3,(H2,27,34)(H,28,30,31). The van der Waals surface area contributed by atoms with Gasteiger partial charge in [-0.15, -0.1) is 0 Å². The van der Waals surface area contributed by atoms with E-state index >= 15 is 0 Å². The number of carbonyl (C=O) groups excluding carboxylic acids is 1. The minimum absolute atomic E-state index is 0.217. The van der Waals surface area contributed by atoms with Gasteiger partial charge < -0.3 is 16.0 Å². The largest absolute Gasteiger partial charge is 0.369 e. The first-order valence-corrected chi connectivity index (χ1v) is 12.2. The SMILES string of the molecule is Cc1cnc(Nc2cnn(C3CCN(C)CC3)c2)nc1CCc1ccccc1C1(C(N)=O)CC1. The van der Waals surface area contributed by atoms with Gasteiger partial charge in [-0.05, 0) is 82.3 Å². The third-order valence-corrected chi connectivity index (χ3v) is 7.38. The van der Waals surface area contributed by atoms with Crippen molar-refractivity contribution in [2.45, 2.75) is 56.9 Å². The molecule has 3 N–H and O–H groups in total. The Kier molecular flexibility index (Phi) is 6.08. The van der Waals surface area contributed by atoms with Crippen LogP contribution in [0, 0.1) is 6.92 Å². The molecule has 5 rings (SSSR count). The number of nitrogens with zero attached hydrogens (tertiary/aromatic N) is 5. The number of amides is 1. The van der Waals surface area contributed by atoms with E-state index in [4.69, 9.17) is 10.7 Å². The van der Waals surface area contributed by atoms with Crippen molar-refractivity contribution in [2.75, 3.05) is 25.5 Å². The molecule has 2 fully saturated rings. The van der Waals surface area contributed by atoms with E-state index in [1.165, 1.54) is 5.56 Å². The molecule has 1 aliphatic heterocycles. The van der Waals surface area contributed by atoms with E-state index in [1.807, 2.05) is 37.6 Å². The fourth-order valence-electron chi connectivity index (χ4n) is 5.01. The Labute approximate surface area is 200 Å². The predicted octanol–water partition coefficient (Wildman–Crippen LogP) is 3.29. The Morgan fingerprint density at radius 2 is 1.94 bits per heavy atom. The number of carbonyl (C=O) groups is 1. The zero-order valence-corrected chi connectivity index (χ0v) is 20.0. The Bertz CT molecular complexity index is 1180. The number of anilines is 2. The van der Waals surface area contributed by atoms with Crippen LogP contribution < -0.4 is 11.1 Å². The van der Waals surface area contributed by atoms with Crippen LogP contribution in [-0.2, 0) is 23.1 Å². The van der Waals surface area contributed by atoms with Crippen molar-refractivity contribution in [1.82, 2.24) is 24.6 Å². The van der Waals surface area contributed by atoms with Crippen LogP contribution in [0.3, 0.4) is 0 Å². The van der Waals surface area contributed by atoms with Gasteiger partial charge in [0.2, 0.25) is 11.9 Å². The summed E-state index contributed by atoms with van der Waals surface area (Å²) in [6.45, 7) is 4.23. The molecule has 1 saturated heterocycles. The molecule has 3 heterocycles. The fraction of sp³-hybridized carbons (Fsp3) is 0.462. The van der Waals surface area contributed by atoms with Crippen LogP contribution in [-0.4, -0.2) is 50.7 Å². The summed E-state index contributed by atoms with van der Waals surface area (Å²) < 4.78 is 2.06. The van der Waals surface area contributed by atoms with Gasteiger partial charge in [-0.1, -0.05) is 24.3 Å². The topological polar surface area (TPSA) is 102 Å². The van der Waals surface area contributed by atoms with Gasteiger partial charge in [-0.3, -0.25) is 9.48 Å². The summed E-state index contributed by atoms with van der Waals surface area (Å²) in [5, 5.41) is 7.89.